The molecule has 1 aliphatic heterocycles. The molecule has 5 fully saturated rings. The number of rotatable bonds is 7. The average molecular weight is 699 g/mol. The summed E-state index contributed by atoms with van der Waals surface area (Å²) in [7, 11) is -8.80. The molecular formula is C29H49Na2O12PS. The van der Waals surface area contributed by atoms with Crippen molar-refractivity contribution in [3.63, 3.8) is 0 Å². The second kappa shape index (κ2) is 14.4. The second-order valence-corrected chi connectivity index (χ2v) is 17.5. The molecule has 0 spiro atoms. The van der Waals surface area contributed by atoms with Gasteiger partial charge in [-0.15, -0.1) is 0 Å². The zero-order valence-corrected chi connectivity index (χ0v) is 33.8. The Labute approximate surface area is 312 Å². The zero-order valence-electron chi connectivity index (χ0n) is 28.1. The minimum absolute atomic E-state index is 0. The van der Waals surface area contributed by atoms with Crippen LogP contribution < -0.4 is 64.0 Å². The van der Waals surface area contributed by atoms with E-state index in [1.165, 1.54) is 0 Å². The fourth-order valence-electron chi connectivity index (χ4n) is 10.6. The summed E-state index contributed by atoms with van der Waals surface area (Å²) in [5.74, 6) is -1.70. The molecule has 0 bridgehead atoms. The molecule has 0 amide bonds. The molecular weight excluding hydrogens is 649 g/mol. The summed E-state index contributed by atoms with van der Waals surface area (Å²) in [6.07, 6.45) is -4.81. The molecule has 16 heteroatoms. The largest absolute Gasteiger partial charge is 1.00 e. The van der Waals surface area contributed by atoms with Crippen LogP contribution in [0, 0.1) is 58.2 Å². The van der Waals surface area contributed by atoms with Gasteiger partial charge in [0.05, 0.1) is 36.6 Å². The van der Waals surface area contributed by atoms with Crippen LogP contribution in [-0.4, -0.2) is 78.1 Å². The smallest absolute Gasteiger partial charge is 0.756 e. The molecule has 0 aromatic rings. The number of aliphatic hydroxyl groups is 3. The predicted molar refractivity (Wildman–Crippen MR) is 151 cm³/mol. The fraction of sp³-hybridized carbons (Fsp3) is 1.00. The van der Waals surface area contributed by atoms with Crippen LogP contribution in [0.1, 0.15) is 73.6 Å². The van der Waals surface area contributed by atoms with Crippen molar-refractivity contribution < 1.29 is 115 Å². The number of ether oxygens (including phenoxy) is 1. The summed E-state index contributed by atoms with van der Waals surface area (Å²) in [6, 6.07) is 0. The van der Waals surface area contributed by atoms with E-state index in [1.54, 1.807) is 0 Å². The summed E-state index contributed by atoms with van der Waals surface area (Å²) < 4.78 is 69.1. The normalized spacial score (nSPS) is 49.7. The van der Waals surface area contributed by atoms with Gasteiger partial charge in [0.15, 0.2) is 0 Å². The first-order valence-corrected chi connectivity index (χ1v) is 18.5. The van der Waals surface area contributed by atoms with Crippen LogP contribution in [0.25, 0.3) is 0 Å². The molecule has 4 saturated carbocycles. The minimum Gasteiger partial charge on any atom is -0.756 e. The van der Waals surface area contributed by atoms with E-state index in [0.717, 1.165) is 13.5 Å². The molecule has 1 saturated heterocycles. The van der Waals surface area contributed by atoms with Crippen LogP contribution in [0.5, 0.6) is 0 Å². The van der Waals surface area contributed by atoms with E-state index in [1.807, 2.05) is 6.92 Å². The van der Waals surface area contributed by atoms with Crippen LogP contribution in [0.4, 0.5) is 0 Å². The van der Waals surface area contributed by atoms with Gasteiger partial charge in [-0.25, -0.2) is 8.42 Å². The van der Waals surface area contributed by atoms with Gasteiger partial charge in [0.2, 0.25) is 10.4 Å². The summed E-state index contributed by atoms with van der Waals surface area (Å²) in [5.41, 5.74) is -1.26. The Hall–Kier alpha value is 1.82. The Kier molecular flexibility index (Phi) is 13.2. The van der Waals surface area contributed by atoms with Crippen molar-refractivity contribution in [3.8, 4) is 0 Å². The summed E-state index contributed by atoms with van der Waals surface area (Å²) in [4.78, 5) is 12.9. The summed E-state index contributed by atoms with van der Waals surface area (Å²) >= 11 is 0. The molecule has 45 heavy (non-hydrogen) atoms. The maximum Gasteiger partial charge on any atom is 1.00 e. The second-order valence-electron chi connectivity index (χ2n) is 15.0. The van der Waals surface area contributed by atoms with Crippen molar-refractivity contribution in [2.45, 2.75) is 116 Å². The van der Waals surface area contributed by atoms with Crippen LogP contribution in [-0.2, 0) is 32.9 Å². The molecule has 5 aliphatic rings. The topological polar surface area (TPSA) is 195 Å². The number of phosphoric ester groups is 1. The number of hydrogen-bond acceptors (Lipinski definition) is 12. The van der Waals surface area contributed by atoms with Crippen molar-refractivity contribution in [1.29, 1.82) is 0 Å². The minimum atomic E-state index is -5.10. The molecule has 0 radical (unpaired) electrons. The molecule has 12 nitrogen and oxygen atoms in total. The van der Waals surface area contributed by atoms with E-state index in [2.05, 4.69) is 38.8 Å². The molecule has 1 heterocycles. The summed E-state index contributed by atoms with van der Waals surface area (Å²) in [6.45, 7) is 12.6. The van der Waals surface area contributed by atoms with Crippen molar-refractivity contribution in [2.75, 3.05) is 7.11 Å². The van der Waals surface area contributed by atoms with E-state index in [-0.39, 0.29) is 95.3 Å². The number of phosphoric acid groups is 1. The Morgan fingerprint density at radius 2 is 1.56 bits per heavy atom. The van der Waals surface area contributed by atoms with Gasteiger partial charge in [-0.3, -0.25) is 8.75 Å². The van der Waals surface area contributed by atoms with Gasteiger partial charge in [0.25, 0.3) is 7.82 Å². The predicted octanol–water partition coefficient (Wildman–Crippen LogP) is -3.78. The maximum absolute atomic E-state index is 12.9. The van der Waals surface area contributed by atoms with Crippen LogP contribution in [0.15, 0.2) is 0 Å². The monoisotopic (exact) mass is 698 g/mol. The van der Waals surface area contributed by atoms with Gasteiger partial charge in [-0.2, -0.15) is 0 Å². The van der Waals surface area contributed by atoms with Gasteiger partial charge in [-0.05, 0) is 84.4 Å². The van der Waals surface area contributed by atoms with Gasteiger partial charge >= 0.3 is 59.1 Å². The molecule has 0 aromatic carbocycles. The van der Waals surface area contributed by atoms with Crippen LogP contribution in [0.3, 0.4) is 0 Å². The number of hydrogen-bond donors (Lipinski definition) is 3. The molecule has 4 aliphatic carbocycles. The first-order valence-electron chi connectivity index (χ1n) is 15.7. The van der Waals surface area contributed by atoms with E-state index in [4.69, 9.17) is 13.8 Å². The first-order chi connectivity index (χ1) is 19.8. The van der Waals surface area contributed by atoms with E-state index in [9.17, 15) is 37.7 Å². The third-order valence-corrected chi connectivity index (χ3v) is 14.2. The Balaban J connectivity index is 0.00000276. The Morgan fingerprint density at radius 1 is 0.956 bits per heavy atom. The van der Waals surface area contributed by atoms with E-state index in [0.29, 0.717) is 25.2 Å². The Bertz CT molecular complexity index is 1210. The van der Waals surface area contributed by atoms with Crippen molar-refractivity contribution in [2.24, 2.45) is 58.2 Å². The van der Waals surface area contributed by atoms with Crippen molar-refractivity contribution >= 4 is 18.2 Å². The van der Waals surface area contributed by atoms with Gasteiger partial charge in [0, 0.05) is 13.0 Å². The molecule has 1 unspecified atom stereocenters. The average Bonchev–Trinajstić information content (AvgIpc) is 3.15. The van der Waals surface area contributed by atoms with Crippen LogP contribution >= 0.6 is 7.82 Å². The van der Waals surface area contributed by atoms with Gasteiger partial charge in [0.1, 0.15) is 6.10 Å². The third kappa shape index (κ3) is 7.16. The third-order valence-electron chi connectivity index (χ3n) is 12.8. The number of fused-ring (bicyclic) bond motifs is 7. The van der Waals surface area contributed by atoms with Crippen LogP contribution in [0.2, 0.25) is 0 Å². The molecule has 5 rings (SSSR count). The van der Waals surface area contributed by atoms with Crippen molar-refractivity contribution in [1.82, 2.24) is 0 Å². The molecule has 250 valence electrons. The summed E-state index contributed by atoms with van der Waals surface area (Å²) in [5, 5.41) is 34.7. The van der Waals surface area contributed by atoms with Crippen molar-refractivity contribution in [3.05, 3.63) is 0 Å². The Morgan fingerprint density at radius 3 is 2.11 bits per heavy atom. The van der Waals surface area contributed by atoms with E-state index < -0.39 is 83.4 Å². The first kappa shape index (κ1) is 41.2. The quantitative estimate of drug-likeness (QED) is 0.102. The SMILES string of the molecule is COP(=O)([O-])O[C@@H]1[C@H]2O[C@@H]([C@H](C)C(C)C)C[C@@H](C)[C@@H]2[C@@]2(C)CC[C@H]3[C@@H]([C@@H](O)[C@@H](O)[C@H]4[C@@H](O)[C@H](OS(=O)(=O)[O-])CC[C@@]43C)[C@H]12.[Na+].[Na+]. The molecule has 17 atom stereocenters. The van der Waals surface area contributed by atoms with E-state index >= 15 is 0 Å². The molecule has 3 N–H and O–H groups in total. The number of aliphatic hydroxyl groups excluding tert-OH is 3. The van der Waals surface area contributed by atoms with Gasteiger partial charge < -0.3 is 38.6 Å². The zero-order chi connectivity index (χ0) is 32.0. The fourth-order valence-corrected chi connectivity index (χ4v) is 11.8. The maximum atomic E-state index is 12.9. The van der Waals surface area contributed by atoms with Gasteiger partial charge in [-0.1, -0.05) is 41.5 Å². The molecule has 0 aromatic heterocycles. The standard InChI is InChI=1S/C29H51O12PS.2Na/c1-13(2)15(4)18-12-14(3)20-26(39-18)27(40-42(33,34)38-7)21-19-16(8-10-29(20,21)6)28(5)11-9-17(41-43(35,36)37)23(30)22(28)25(32)24(19)31;;/h13-27,30-32H,8-12H2,1-7H3,(H,33,34)(H,35,36,37);;/q;2*+1/p-2/t14-,15-,16+,17-,18-,19-,20+,21-,22-,23+,24-,25+,26+,27+,28-,29-;;/m1../s1.